The molecule has 0 aliphatic carbocycles. The van der Waals surface area contributed by atoms with Gasteiger partial charge < -0.3 is 10.3 Å². The number of aromatic amines is 1. The number of aromatic nitrogens is 2. The molecule has 2 aromatic rings. The lowest BCUT2D eigenvalue weighted by molar-refractivity contribution is -0.387. The molecule has 0 saturated carbocycles. The Balaban J connectivity index is 1.89. The van der Waals surface area contributed by atoms with E-state index < -0.39 is 16.4 Å². The SMILES string of the molecule is O=[N+]([O-])c1cc(-c2cnc(C3CCCNC3)[nH]2)ccc1F. The summed E-state index contributed by atoms with van der Waals surface area (Å²) < 4.78 is 13.4. The minimum atomic E-state index is -0.833. The maximum atomic E-state index is 13.4. The van der Waals surface area contributed by atoms with E-state index in [-0.39, 0.29) is 0 Å². The van der Waals surface area contributed by atoms with Crippen LogP contribution in [0.5, 0.6) is 0 Å². The lowest BCUT2D eigenvalue weighted by atomic mass is 9.99. The van der Waals surface area contributed by atoms with E-state index in [2.05, 4.69) is 15.3 Å². The summed E-state index contributed by atoms with van der Waals surface area (Å²) in [5.74, 6) is 0.354. The highest BCUT2D eigenvalue weighted by molar-refractivity contribution is 5.62. The topological polar surface area (TPSA) is 83.8 Å². The van der Waals surface area contributed by atoms with Crippen molar-refractivity contribution in [2.75, 3.05) is 13.1 Å². The smallest absolute Gasteiger partial charge is 0.305 e. The van der Waals surface area contributed by atoms with Crippen LogP contribution in [0.25, 0.3) is 11.3 Å². The molecule has 1 saturated heterocycles. The lowest BCUT2D eigenvalue weighted by Crippen LogP contribution is -2.28. The van der Waals surface area contributed by atoms with E-state index in [0.29, 0.717) is 17.2 Å². The molecular weight excluding hydrogens is 275 g/mol. The number of benzene rings is 1. The van der Waals surface area contributed by atoms with E-state index in [1.807, 2.05) is 0 Å². The molecule has 1 aromatic carbocycles. The number of hydrogen-bond donors (Lipinski definition) is 2. The Labute approximate surface area is 120 Å². The summed E-state index contributed by atoms with van der Waals surface area (Å²) in [6, 6.07) is 3.85. The standard InChI is InChI=1S/C14H15FN4O2/c15-11-4-3-9(6-13(11)19(20)21)12-8-17-14(18-12)10-2-1-5-16-7-10/h3-4,6,8,10,16H,1-2,5,7H2,(H,17,18). The van der Waals surface area contributed by atoms with Gasteiger partial charge in [0.2, 0.25) is 5.82 Å². The number of rotatable bonds is 3. The zero-order valence-corrected chi connectivity index (χ0v) is 11.3. The van der Waals surface area contributed by atoms with E-state index >= 15 is 0 Å². The zero-order chi connectivity index (χ0) is 14.8. The third kappa shape index (κ3) is 2.78. The largest absolute Gasteiger partial charge is 0.342 e. The van der Waals surface area contributed by atoms with Crippen LogP contribution in [0, 0.1) is 15.9 Å². The molecule has 1 atom stereocenters. The molecule has 0 spiro atoms. The van der Waals surface area contributed by atoms with Crippen molar-refractivity contribution in [2.24, 2.45) is 0 Å². The Morgan fingerprint density at radius 2 is 2.29 bits per heavy atom. The molecule has 110 valence electrons. The second-order valence-corrected chi connectivity index (χ2v) is 5.15. The summed E-state index contributed by atoms with van der Waals surface area (Å²) in [4.78, 5) is 17.6. The second-order valence-electron chi connectivity index (χ2n) is 5.15. The van der Waals surface area contributed by atoms with E-state index in [1.54, 1.807) is 6.20 Å². The highest BCUT2D eigenvalue weighted by Gasteiger charge is 2.20. The van der Waals surface area contributed by atoms with E-state index in [0.717, 1.165) is 37.8 Å². The number of H-pyrrole nitrogens is 1. The maximum absolute atomic E-state index is 13.4. The monoisotopic (exact) mass is 290 g/mol. The fraction of sp³-hybridized carbons (Fsp3) is 0.357. The normalized spacial score (nSPS) is 18.6. The van der Waals surface area contributed by atoms with E-state index in [4.69, 9.17) is 0 Å². The minimum absolute atomic E-state index is 0.322. The molecule has 3 rings (SSSR count). The first-order valence-corrected chi connectivity index (χ1v) is 6.85. The Morgan fingerprint density at radius 1 is 1.43 bits per heavy atom. The van der Waals surface area contributed by atoms with Crippen LogP contribution in [0.2, 0.25) is 0 Å². The average molecular weight is 290 g/mol. The molecule has 1 aliphatic rings. The third-order valence-electron chi connectivity index (χ3n) is 3.73. The first kappa shape index (κ1) is 13.7. The fourth-order valence-electron chi connectivity index (χ4n) is 2.60. The van der Waals surface area contributed by atoms with Crippen LogP contribution in [-0.4, -0.2) is 28.0 Å². The van der Waals surface area contributed by atoms with Crippen LogP contribution in [-0.2, 0) is 0 Å². The summed E-state index contributed by atoms with van der Waals surface area (Å²) in [6.45, 7) is 1.89. The van der Waals surface area contributed by atoms with Gasteiger partial charge in [-0.05, 0) is 31.5 Å². The number of piperidine rings is 1. The van der Waals surface area contributed by atoms with Gasteiger partial charge in [-0.25, -0.2) is 4.98 Å². The summed E-state index contributed by atoms with van der Waals surface area (Å²) in [5, 5.41) is 14.1. The summed E-state index contributed by atoms with van der Waals surface area (Å²) in [7, 11) is 0. The molecule has 1 aromatic heterocycles. The van der Waals surface area contributed by atoms with Crippen molar-refractivity contribution >= 4 is 5.69 Å². The second kappa shape index (κ2) is 5.61. The molecule has 1 aliphatic heterocycles. The molecule has 1 fully saturated rings. The van der Waals surface area contributed by atoms with Gasteiger partial charge in [0.25, 0.3) is 0 Å². The van der Waals surface area contributed by atoms with Crippen molar-refractivity contribution in [3.8, 4) is 11.3 Å². The molecular formula is C14H15FN4O2. The van der Waals surface area contributed by atoms with Crippen LogP contribution in [0.4, 0.5) is 10.1 Å². The Kier molecular flexibility index (Phi) is 3.66. The summed E-state index contributed by atoms with van der Waals surface area (Å²) in [6.07, 6.45) is 3.80. The molecule has 2 heterocycles. The Morgan fingerprint density at radius 3 is 3.00 bits per heavy atom. The zero-order valence-electron chi connectivity index (χ0n) is 11.3. The van der Waals surface area contributed by atoms with Crippen molar-refractivity contribution in [3.63, 3.8) is 0 Å². The molecule has 0 amide bonds. The van der Waals surface area contributed by atoms with Crippen molar-refractivity contribution in [2.45, 2.75) is 18.8 Å². The summed E-state index contributed by atoms with van der Waals surface area (Å²) in [5.41, 5.74) is 0.701. The number of nitro groups is 1. The first-order chi connectivity index (χ1) is 10.1. The number of nitro benzene ring substituents is 1. The van der Waals surface area contributed by atoms with Crippen LogP contribution in [0.15, 0.2) is 24.4 Å². The van der Waals surface area contributed by atoms with Crippen LogP contribution < -0.4 is 5.32 Å². The van der Waals surface area contributed by atoms with Gasteiger partial charge >= 0.3 is 5.69 Å². The van der Waals surface area contributed by atoms with Crippen LogP contribution in [0.1, 0.15) is 24.6 Å². The Hall–Kier alpha value is -2.28. The lowest BCUT2D eigenvalue weighted by Gasteiger charge is -2.20. The molecule has 0 radical (unpaired) electrons. The molecule has 2 N–H and O–H groups in total. The van der Waals surface area contributed by atoms with Crippen molar-refractivity contribution in [1.29, 1.82) is 0 Å². The van der Waals surface area contributed by atoms with Crippen LogP contribution >= 0.6 is 0 Å². The number of hydrogen-bond acceptors (Lipinski definition) is 4. The van der Waals surface area contributed by atoms with Gasteiger partial charge in [0.1, 0.15) is 5.82 Å². The van der Waals surface area contributed by atoms with Gasteiger partial charge in [-0.15, -0.1) is 0 Å². The maximum Gasteiger partial charge on any atom is 0.305 e. The molecule has 0 bridgehead atoms. The first-order valence-electron chi connectivity index (χ1n) is 6.85. The predicted molar refractivity (Wildman–Crippen MR) is 75.5 cm³/mol. The fourth-order valence-corrected chi connectivity index (χ4v) is 2.60. The van der Waals surface area contributed by atoms with E-state index in [1.165, 1.54) is 12.1 Å². The quantitative estimate of drug-likeness (QED) is 0.672. The molecule has 1 unspecified atom stereocenters. The van der Waals surface area contributed by atoms with Gasteiger partial charge in [0.15, 0.2) is 0 Å². The van der Waals surface area contributed by atoms with Gasteiger partial charge in [-0.2, -0.15) is 4.39 Å². The van der Waals surface area contributed by atoms with E-state index in [9.17, 15) is 14.5 Å². The molecule has 6 nitrogen and oxygen atoms in total. The van der Waals surface area contributed by atoms with Crippen molar-refractivity contribution in [3.05, 3.63) is 46.2 Å². The van der Waals surface area contributed by atoms with Crippen molar-refractivity contribution < 1.29 is 9.31 Å². The number of imidazole rings is 1. The minimum Gasteiger partial charge on any atom is -0.342 e. The van der Waals surface area contributed by atoms with Gasteiger partial charge in [-0.3, -0.25) is 10.1 Å². The van der Waals surface area contributed by atoms with Gasteiger partial charge in [0, 0.05) is 24.1 Å². The predicted octanol–water partition coefficient (Wildman–Crippen LogP) is 2.59. The number of halogens is 1. The van der Waals surface area contributed by atoms with Crippen LogP contribution in [0.3, 0.4) is 0 Å². The molecule has 7 heteroatoms. The average Bonchev–Trinajstić information content (AvgIpc) is 2.98. The highest BCUT2D eigenvalue weighted by Crippen LogP contribution is 2.27. The third-order valence-corrected chi connectivity index (χ3v) is 3.73. The number of nitrogens with zero attached hydrogens (tertiary/aromatic N) is 2. The van der Waals surface area contributed by atoms with Gasteiger partial charge in [0.05, 0.1) is 16.8 Å². The Bertz CT molecular complexity index is 665. The summed E-state index contributed by atoms with van der Waals surface area (Å²) >= 11 is 0. The molecule has 21 heavy (non-hydrogen) atoms. The van der Waals surface area contributed by atoms with Crippen molar-refractivity contribution in [1.82, 2.24) is 15.3 Å². The number of nitrogens with one attached hydrogen (secondary N) is 2. The van der Waals surface area contributed by atoms with Gasteiger partial charge in [-0.1, -0.05) is 0 Å². The highest BCUT2D eigenvalue weighted by atomic mass is 19.1.